The highest BCUT2D eigenvalue weighted by Gasteiger charge is 2.34. The average molecular weight is 366 g/mol. The summed E-state index contributed by atoms with van der Waals surface area (Å²) in [6, 6.07) is 16.1. The third kappa shape index (κ3) is 3.49. The highest BCUT2D eigenvalue weighted by Crippen LogP contribution is 2.42. The van der Waals surface area contributed by atoms with Crippen LogP contribution in [0.25, 0.3) is 0 Å². The number of anilines is 2. The van der Waals surface area contributed by atoms with Crippen molar-refractivity contribution in [1.82, 2.24) is 0 Å². The molecule has 1 heterocycles. The van der Waals surface area contributed by atoms with Gasteiger partial charge in [0, 0.05) is 17.3 Å². The molecule has 1 N–H and O–H groups in total. The molecular weight excluding hydrogens is 344 g/mol. The Kier molecular flexibility index (Phi) is 4.72. The predicted octanol–water partition coefficient (Wildman–Crippen LogP) is 4.38. The Balaban J connectivity index is 1.55. The van der Waals surface area contributed by atoms with Crippen molar-refractivity contribution in [2.75, 3.05) is 16.0 Å². The number of rotatable bonds is 5. The first-order valence-corrected chi connectivity index (χ1v) is 10.1. The van der Waals surface area contributed by atoms with E-state index in [0.29, 0.717) is 5.75 Å². The largest absolute Gasteiger partial charge is 0.326 e. The maximum absolute atomic E-state index is 12.5. The van der Waals surface area contributed by atoms with Crippen LogP contribution in [-0.2, 0) is 16.0 Å². The molecule has 0 unspecified atom stereocenters. The van der Waals surface area contributed by atoms with Gasteiger partial charge in [-0.1, -0.05) is 31.2 Å². The Hall–Kier alpha value is -2.27. The number of thioether (sulfide) groups is 1. The number of nitrogens with one attached hydrogen (secondary N) is 1. The number of carbonyl (C=O) groups excluding carboxylic acids is 2. The van der Waals surface area contributed by atoms with Gasteiger partial charge >= 0.3 is 0 Å². The number of amides is 2. The molecule has 26 heavy (non-hydrogen) atoms. The van der Waals surface area contributed by atoms with Gasteiger partial charge in [-0.3, -0.25) is 14.5 Å². The molecule has 0 bridgehead atoms. The third-order valence-electron chi connectivity index (χ3n) is 4.88. The van der Waals surface area contributed by atoms with Crippen molar-refractivity contribution < 1.29 is 9.59 Å². The van der Waals surface area contributed by atoms with Gasteiger partial charge in [0.05, 0.1) is 5.75 Å². The standard InChI is InChI=1S/C21H22N2O2S/c1-2-14-4-3-5-18(12-14)23-19(24)13-26-21(23)16-8-10-17(11-9-16)22-20(25)15-6-7-15/h3-5,8-12,15,21H,2,6-7,13H2,1H3,(H,22,25)/t21-/m1/s1. The van der Waals surface area contributed by atoms with Crippen LogP contribution in [-0.4, -0.2) is 17.6 Å². The van der Waals surface area contributed by atoms with E-state index in [9.17, 15) is 9.59 Å². The van der Waals surface area contributed by atoms with Crippen molar-refractivity contribution in [2.45, 2.75) is 31.6 Å². The van der Waals surface area contributed by atoms with Crippen LogP contribution in [0.15, 0.2) is 48.5 Å². The molecule has 1 atom stereocenters. The zero-order chi connectivity index (χ0) is 18.1. The minimum atomic E-state index is -0.0252. The lowest BCUT2D eigenvalue weighted by molar-refractivity contribution is -0.117. The van der Waals surface area contributed by atoms with E-state index in [2.05, 4.69) is 24.4 Å². The van der Waals surface area contributed by atoms with Crippen LogP contribution in [0.1, 0.15) is 36.3 Å². The molecule has 1 saturated carbocycles. The summed E-state index contributed by atoms with van der Waals surface area (Å²) in [5.41, 5.74) is 4.08. The number of nitrogens with zero attached hydrogens (tertiary/aromatic N) is 1. The summed E-state index contributed by atoms with van der Waals surface area (Å²) in [6.07, 6.45) is 2.94. The second kappa shape index (κ2) is 7.16. The molecule has 2 aromatic carbocycles. The number of carbonyl (C=O) groups is 2. The van der Waals surface area contributed by atoms with Gasteiger partial charge in [-0.15, -0.1) is 11.8 Å². The lowest BCUT2D eigenvalue weighted by Gasteiger charge is -2.25. The minimum Gasteiger partial charge on any atom is -0.326 e. The Morgan fingerprint density at radius 1 is 1.19 bits per heavy atom. The van der Waals surface area contributed by atoms with Crippen molar-refractivity contribution in [3.05, 3.63) is 59.7 Å². The molecule has 1 saturated heterocycles. The maximum atomic E-state index is 12.5. The minimum absolute atomic E-state index is 0.0252. The van der Waals surface area contributed by atoms with E-state index in [1.807, 2.05) is 41.3 Å². The number of benzene rings is 2. The highest BCUT2D eigenvalue weighted by molar-refractivity contribution is 8.00. The molecule has 0 spiro atoms. The fraction of sp³-hybridized carbons (Fsp3) is 0.333. The van der Waals surface area contributed by atoms with Crippen LogP contribution in [0.5, 0.6) is 0 Å². The Bertz CT molecular complexity index is 830. The van der Waals surface area contributed by atoms with Gasteiger partial charge in [-0.2, -0.15) is 0 Å². The van der Waals surface area contributed by atoms with Crippen LogP contribution in [0, 0.1) is 5.92 Å². The van der Waals surface area contributed by atoms with Gasteiger partial charge < -0.3 is 5.32 Å². The fourth-order valence-electron chi connectivity index (χ4n) is 3.20. The van der Waals surface area contributed by atoms with Crippen molar-refractivity contribution >= 4 is 35.0 Å². The molecule has 5 heteroatoms. The summed E-state index contributed by atoms with van der Waals surface area (Å²) < 4.78 is 0. The summed E-state index contributed by atoms with van der Waals surface area (Å²) in [5.74, 6) is 0.931. The van der Waals surface area contributed by atoms with Crippen LogP contribution in [0.3, 0.4) is 0 Å². The van der Waals surface area contributed by atoms with Crippen LogP contribution >= 0.6 is 11.8 Å². The first-order valence-electron chi connectivity index (χ1n) is 9.09. The molecule has 0 radical (unpaired) electrons. The van der Waals surface area contributed by atoms with Crippen LogP contribution in [0.2, 0.25) is 0 Å². The van der Waals surface area contributed by atoms with Crippen molar-refractivity contribution in [2.24, 2.45) is 5.92 Å². The average Bonchev–Trinajstić information content (AvgIpc) is 3.45. The van der Waals surface area contributed by atoms with Crippen molar-refractivity contribution in [1.29, 1.82) is 0 Å². The molecule has 2 amide bonds. The lowest BCUT2D eigenvalue weighted by Crippen LogP contribution is -2.27. The molecule has 1 aliphatic heterocycles. The summed E-state index contributed by atoms with van der Waals surface area (Å²) in [4.78, 5) is 26.3. The molecule has 2 fully saturated rings. The van der Waals surface area contributed by atoms with E-state index in [-0.39, 0.29) is 23.1 Å². The molecule has 1 aliphatic carbocycles. The quantitative estimate of drug-likeness (QED) is 0.854. The first kappa shape index (κ1) is 17.2. The van der Waals surface area contributed by atoms with Crippen LogP contribution < -0.4 is 10.2 Å². The smallest absolute Gasteiger partial charge is 0.238 e. The SMILES string of the molecule is CCc1cccc(N2C(=O)CS[C@@H]2c2ccc(NC(=O)C3CC3)cc2)c1. The molecule has 134 valence electrons. The van der Waals surface area contributed by atoms with E-state index < -0.39 is 0 Å². The number of hydrogen-bond acceptors (Lipinski definition) is 3. The Morgan fingerprint density at radius 2 is 1.96 bits per heavy atom. The monoisotopic (exact) mass is 366 g/mol. The zero-order valence-corrected chi connectivity index (χ0v) is 15.6. The van der Waals surface area contributed by atoms with E-state index >= 15 is 0 Å². The number of hydrogen-bond donors (Lipinski definition) is 1. The molecule has 2 aliphatic rings. The lowest BCUT2D eigenvalue weighted by atomic mass is 10.1. The predicted molar refractivity (Wildman–Crippen MR) is 106 cm³/mol. The van der Waals surface area contributed by atoms with Crippen molar-refractivity contribution in [3.63, 3.8) is 0 Å². The highest BCUT2D eigenvalue weighted by atomic mass is 32.2. The second-order valence-corrected chi connectivity index (χ2v) is 7.90. The zero-order valence-electron chi connectivity index (χ0n) is 14.8. The maximum Gasteiger partial charge on any atom is 0.238 e. The van der Waals surface area contributed by atoms with Gasteiger partial charge in [-0.25, -0.2) is 0 Å². The summed E-state index contributed by atoms with van der Waals surface area (Å²) in [7, 11) is 0. The van der Waals surface area contributed by atoms with Crippen LogP contribution in [0.4, 0.5) is 11.4 Å². The first-order chi connectivity index (χ1) is 12.7. The van der Waals surface area contributed by atoms with Gasteiger partial charge in [0.25, 0.3) is 0 Å². The Morgan fingerprint density at radius 3 is 2.65 bits per heavy atom. The third-order valence-corrected chi connectivity index (χ3v) is 6.09. The molecule has 0 aromatic heterocycles. The molecule has 2 aromatic rings. The number of aryl methyl sites for hydroxylation is 1. The molecular formula is C21H22N2O2S. The topological polar surface area (TPSA) is 49.4 Å². The normalized spacial score (nSPS) is 19.7. The van der Waals surface area contributed by atoms with E-state index in [0.717, 1.165) is 36.2 Å². The van der Waals surface area contributed by atoms with Gasteiger partial charge in [-0.05, 0) is 54.7 Å². The van der Waals surface area contributed by atoms with Gasteiger partial charge in [0.2, 0.25) is 11.8 Å². The van der Waals surface area contributed by atoms with E-state index in [1.54, 1.807) is 11.8 Å². The second-order valence-electron chi connectivity index (χ2n) is 6.84. The summed E-state index contributed by atoms with van der Waals surface area (Å²) in [6.45, 7) is 2.12. The van der Waals surface area contributed by atoms with E-state index in [1.165, 1.54) is 5.56 Å². The molecule has 4 rings (SSSR count). The van der Waals surface area contributed by atoms with E-state index in [4.69, 9.17) is 0 Å². The molecule has 4 nitrogen and oxygen atoms in total. The summed E-state index contributed by atoms with van der Waals surface area (Å²) in [5, 5.41) is 2.94. The van der Waals surface area contributed by atoms with Gasteiger partial charge in [0.1, 0.15) is 5.37 Å². The van der Waals surface area contributed by atoms with Gasteiger partial charge in [0.15, 0.2) is 0 Å². The van der Waals surface area contributed by atoms with Crippen molar-refractivity contribution in [3.8, 4) is 0 Å². The Labute approximate surface area is 158 Å². The fourth-order valence-corrected chi connectivity index (χ4v) is 4.37. The summed E-state index contributed by atoms with van der Waals surface area (Å²) >= 11 is 1.64.